The van der Waals surface area contributed by atoms with E-state index in [2.05, 4.69) is 15.5 Å². The van der Waals surface area contributed by atoms with E-state index in [1.165, 1.54) is 4.80 Å². The summed E-state index contributed by atoms with van der Waals surface area (Å²) in [7, 11) is 0. The average Bonchev–Trinajstić information content (AvgIpc) is 2.96. The van der Waals surface area contributed by atoms with Crippen LogP contribution in [0.3, 0.4) is 0 Å². The number of amides is 2. The van der Waals surface area contributed by atoms with E-state index in [1.807, 2.05) is 24.3 Å². The van der Waals surface area contributed by atoms with Crippen molar-refractivity contribution in [1.82, 2.24) is 20.3 Å². The van der Waals surface area contributed by atoms with Crippen molar-refractivity contribution in [2.24, 2.45) is 5.73 Å². The molecule has 128 valence electrons. The Labute approximate surface area is 138 Å². The predicted octanol–water partition coefficient (Wildman–Crippen LogP) is -0.793. The minimum atomic E-state index is -0.543. The van der Waals surface area contributed by atoms with Gasteiger partial charge in [0.25, 0.3) is 0 Å². The fraction of sp³-hybridized carbons (Fsp3) is 0.467. The van der Waals surface area contributed by atoms with Gasteiger partial charge in [-0.25, -0.2) is 0 Å². The highest BCUT2D eigenvalue weighted by Crippen LogP contribution is 2.12. The topological polar surface area (TPSA) is 121 Å². The van der Waals surface area contributed by atoms with Gasteiger partial charge in [0.15, 0.2) is 0 Å². The van der Waals surface area contributed by atoms with Crippen molar-refractivity contribution in [3.8, 4) is 0 Å². The summed E-state index contributed by atoms with van der Waals surface area (Å²) in [6.45, 7) is 0.655. The van der Waals surface area contributed by atoms with Gasteiger partial charge in [-0.05, 0) is 18.6 Å². The van der Waals surface area contributed by atoms with Crippen molar-refractivity contribution in [1.29, 1.82) is 0 Å². The molecule has 0 spiro atoms. The fourth-order valence-electron chi connectivity index (χ4n) is 2.60. The summed E-state index contributed by atoms with van der Waals surface area (Å²) < 4.78 is 10.8. The van der Waals surface area contributed by atoms with Crippen LogP contribution in [0.15, 0.2) is 24.3 Å². The molecule has 24 heavy (non-hydrogen) atoms. The molecule has 3 N–H and O–H groups in total. The summed E-state index contributed by atoms with van der Waals surface area (Å²) in [5, 5.41) is 11.3. The van der Waals surface area contributed by atoms with E-state index < -0.39 is 5.91 Å². The Morgan fingerprint density at radius 1 is 1.33 bits per heavy atom. The summed E-state index contributed by atoms with van der Waals surface area (Å²) in [6.07, 6.45) is 0.280. The first-order valence-electron chi connectivity index (χ1n) is 7.69. The molecule has 2 heterocycles. The molecule has 1 aliphatic rings. The number of primary amides is 1. The van der Waals surface area contributed by atoms with Crippen molar-refractivity contribution < 1.29 is 19.1 Å². The number of ether oxygens (including phenoxy) is 2. The van der Waals surface area contributed by atoms with E-state index in [4.69, 9.17) is 15.2 Å². The maximum Gasteiger partial charge on any atom is 0.243 e. The van der Waals surface area contributed by atoms with Crippen LogP contribution in [0.25, 0.3) is 11.0 Å². The fourth-order valence-corrected chi connectivity index (χ4v) is 2.60. The lowest BCUT2D eigenvalue weighted by molar-refractivity contribution is -0.131. The Morgan fingerprint density at radius 3 is 2.71 bits per heavy atom. The molecule has 1 fully saturated rings. The van der Waals surface area contributed by atoms with E-state index in [-0.39, 0.29) is 31.2 Å². The highest BCUT2D eigenvalue weighted by Gasteiger charge is 2.28. The molecule has 1 aliphatic heterocycles. The molecular weight excluding hydrogens is 314 g/mol. The van der Waals surface area contributed by atoms with Crippen LogP contribution in [-0.4, -0.2) is 58.8 Å². The molecule has 9 nitrogen and oxygen atoms in total. The van der Waals surface area contributed by atoms with Crippen LogP contribution in [0.2, 0.25) is 0 Å². The van der Waals surface area contributed by atoms with Crippen LogP contribution in [0, 0.1) is 0 Å². The number of carbonyl (C=O) groups is 2. The zero-order chi connectivity index (χ0) is 16.9. The van der Waals surface area contributed by atoms with Gasteiger partial charge in [-0.15, -0.1) is 0 Å². The van der Waals surface area contributed by atoms with Gasteiger partial charge < -0.3 is 20.5 Å². The second kappa shape index (κ2) is 7.37. The SMILES string of the molecule is NC(=O)CO[C@@H]1CCOC[C@@H]1NC(=O)Cn1nc2ccccc2n1. The normalized spacial score (nSPS) is 20.8. The van der Waals surface area contributed by atoms with Crippen LogP contribution in [0.5, 0.6) is 0 Å². The zero-order valence-electron chi connectivity index (χ0n) is 13.1. The summed E-state index contributed by atoms with van der Waals surface area (Å²) in [6, 6.07) is 7.05. The van der Waals surface area contributed by atoms with E-state index in [0.717, 1.165) is 11.0 Å². The minimum absolute atomic E-state index is 0.00623. The number of hydrogen-bond donors (Lipinski definition) is 2. The van der Waals surface area contributed by atoms with Gasteiger partial charge in [0.2, 0.25) is 11.8 Å². The van der Waals surface area contributed by atoms with Crippen LogP contribution in [-0.2, 0) is 25.6 Å². The summed E-state index contributed by atoms with van der Waals surface area (Å²) >= 11 is 0. The number of fused-ring (bicyclic) bond motifs is 1. The molecule has 1 aromatic heterocycles. The monoisotopic (exact) mass is 333 g/mol. The Hall–Kier alpha value is -2.52. The second-order valence-corrected chi connectivity index (χ2v) is 5.57. The van der Waals surface area contributed by atoms with Crippen molar-refractivity contribution in [2.45, 2.75) is 25.1 Å². The summed E-state index contributed by atoms with van der Waals surface area (Å²) in [5.74, 6) is -0.794. The molecule has 0 radical (unpaired) electrons. The third-order valence-electron chi connectivity index (χ3n) is 3.69. The number of rotatable bonds is 6. The summed E-state index contributed by atoms with van der Waals surface area (Å²) in [5.41, 5.74) is 6.55. The van der Waals surface area contributed by atoms with Crippen molar-refractivity contribution >= 4 is 22.8 Å². The predicted molar refractivity (Wildman–Crippen MR) is 83.8 cm³/mol. The Kier molecular flexibility index (Phi) is 5.02. The van der Waals surface area contributed by atoms with Gasteiger partial charge in [-0.1, -0.05) is 12.1 Å². The van der Waals surface area contributed by atoms with E-state index in [0.29, 0.717) is 19.6 Å². The molecule has 1 saturated heterocycles. The number of nitrogens with one attached hydrogen (secondary N) is 1. The maximum atomic E-state index is 12.2. The van der Waals surface area contributed by atoms with Gasteiger partial charge in [0.05, 0.1) is 18.8 Å². The molecular formula is C15H19N5O4. The van der Waals surface area contributed by atoms with E-state index in [1.54, 1.807) is 0 Å². The molecule has 9 heteroatoms. The molecule has 1 aromatic carbocycles. The highest BCUT2D eigenvalue weighted by molar-refractivity contribution is 5.77. The van der Waals surface area contributed by atoms with Crippen LogP contribution in [0.4, 0.5) is 0 Å². The van der Waals surface area contributed by atoms with Crippen LogP contribution in [0.1, 0.15) is 6.42 Å². The highest BCUT2D eigenvalue weighted by atomic mass is 16.5. The molecule has 0 bridgehead atoms. The minimum Gasteiger partial charge on any atom is -0.379 e. The lowest BCUT2D eigenvalue weighted by atomic mass is 10.1. The number of nitrogens with zero attached hydrogens (tertiary/aromatic N) is 3. The molecule has 2 amide bonds. The molecule has 0 aliphatic carbocycles. The molecule has 0 saturated carbocycles. The van der Waals surface area contributed by atoms with Crippen LogP contribution < -0.4 is 11.1 Å². The quantitative estimate of drug-likeness (QED) is 0.714. The van der Waals surface area contributed by atoms with E-state index in [9.17, 15) is 9.59 Å². The molecule has 0 unspecified atom stereocenters. The lowest BCUT2D eigenvalue weighted by Crippen LogP contribution is -2.51. The van der Waals surface area contributed by atoms with Crippen molar-refractivity contribution in [2.75, 3.05) is 19.8 Å². The second-order valence-electron chi connectivity index (χ2n) is 5.57. The third-order valence-corrected chi connectivity index (χ3v) is 3.69. The first kappa shape index (κ1) is 16.3. The Morgan fingerprint density at radius 2 is 2.04 bits per heavy atom. The smallest absolute Gasteiger partial charge is 0.243 e. The number of carbonyl (C=O) groups excluding carboxylic acids is 2. The number of hydrogen-bond acceptors (Lipinski definition) is 6. The van der Waals surface area contributed by atoms with Crippen molar-refractivity contribution in [3.63, 3.8) is 0 Å². The Bertz CT molecular complexity index is 698. The first-order valence-corrected chi connectivity index (χ1v) is 7.69. The van der Waals surface area contributed by atoms with Crippen molar-refractivity contribution in [3.05, 3.63) is 24.3 Å². The third kappa shape index (κ3) is 4.06. The number of benzene rings is 1. The number of nitrogens with two attached hydrogens (primary N) is 1. The Balaban J connectivity index is 1.58. The van der Waals surface area contributed by atoms with Gasteiger partial charge in [-0.2, -0.15) is 15.0 Å². The number of aromatic nitrogens is 3. The molecule has 2 atom stereocenters. The van der Waals surface area contributed by atoms with E-state index >= 15 is 0 Å². The lowest BCUT2D eigenvalue weighted by Gasteiger charge is -2.31. The first-order chi connectivity index (χ1) is 11.6. The van der Waals surface area contributed by atoms with Crippen LogP contribution >= 0.6 is 0 Å². The largest absolute Gasteiger partial charge is 0.379 e. The molecule has 2 aromatic rings. The zero-order valence-corrected chi connectivity index (χ0v) is 13.1. The molecule has 3 rings (SSSR count). The average molecular weight is 333 g/mol. The van der Waals surface area contributed by atoms with Gasteiger partial charge in [0.1, 0.15) is 24.2 Å². The maximum absolute atomic E-state index is 12.2. The summed E-state index contributed by atoms with van der Waals surface area (Å²) in [4.78, 5) is 24.4. The van der Waals surface area contributed by atoms with Gasteiger partial charge in [-0.3, -0.25) is 9.59 Å². The standard InChI is InChI=1S/C15H19N5O4/c16-14(21)9-24-13-5-6-23-8-12(13)17-15(22)7-20-18-10-3-1-2-4-11(10)19-20/h1-4,12-13H,5-9H2,(H2,16,21)(H,17,22)/t12-,13+/m0/s1. The van der Waals surface area contributed by atoms with Gasteiger partial charge in [0, 0.05) is 6.61 Å². The van der Waals surface area contributed by atoms with Gasteiger partial charge >= 0.3 is 0 Å².